The van der Waals surface area contributed by atoms with Crippen molar-refractivity contribution in [3.8, 4) is 5.75 Å². The zero-order valence-electron chi connectivity index (χ0n) is 21.2. The lowest BCUT2D eigenvalue weighted by Gasteiger charge is -2.42. The standard InChI is InChI=1S/C21H25N9O9S2/c1-9-14(19(32)30(9)41(35,36)37)26-18(31)15(17-27-21(23)40-29-17)28-39-13(20(33)34)8-38-12-4-2-10(3-5-12)16(22)25-11-6-24-7-11/h2-5,9,11,13-14,24H,6-8H2,1H3,(H2,22,25)(H,26,31)(H,33,34)(H2,23,27,29)(H,35,36,37)/t9-,13?,14-/m0/s1. The molecule has 1 aromatic heterocycles. The number of carboxylic acid groups (broad SMARTS) is 1. The summed E-state index contributed by atoms with van der Waals surface area (Å²) in [5, 5.41) is 18.4. The van der Waals surface area contributed by atoms with E-state index in [1.165, 1.54) is 6.92 Å². The number of carboxylic acids is 1. The average molecular weight is 612 g/mol. The Kier molecular flexibility index (Phi) is 8.66. The molecule has 2 saturated heterocycles. The molecule has 0 spiro atoms. The summed E-state index contributed by atoms with van der Waals surface area (Å²) in [6, 6.07) is 4.08. The van der Waals surface area contributed by atoms with E-state index in [1.54, 1.807) is 24.3 Å². The quantitative estimate of drug-likeness (QED) is 0.0479. The molecule has 0 saturated carbocycles. The average Bonchev–Trinajstić information content (AvgIpc) is 3.31. The molecule has 3 atom stereocenters. The molecular formula is C21H25N9O9S2. The van der Waals surface area contributed by atoms with Crippen molar-refractivity contribution in [2.45, 2.75) is 31.2 Å². The van der Waals surface area contributed by atoms with E-state index in [0.717, 1.165) is 13.1 Å². The number of hydrogen-bond acceptors (Lipinski definition) is 14. The Hall–Kier alpha value is -4.40. The summed E-state index contributed by atoms with van der Waals surface area (Å²) in [5.41, 5.74) is 11.6. The van der Waals surface area contributed by atoms with Crippen molar-refractivity contribution >= 4 is 56.3 Å². The first-order valence-corrected chi connectivity index (χ1v) is 14.0. The SMILES string of the molecule is C[C@H]1[C@H](NC(=O)C(=NOC(COc2ccc(C(N)=NC3CNC3)cc2)C(=O)O)c2nsc(N)n2)C(=O)N1S(=O)(=O)O. The topological polar surface area (TPSA) is 274 Å². The number of carbonyl (C=O) groups is 3. The van der Waals surface area contributed by atoms with Crippen LogP contribution >= 0.6 is 11.5 Å². The predicted molar refractivity (Wildman–Crippen MR) is 142 cm³/mol. The summed E-state index contributed by atoms with van der Waals surface area (Å²) in [6.07, 6.45) is -1.70. The molecule has 2 aliphatic heterocycles. The van der Waals surface area contributed by atoms with Gasteiger partial charge in [0.05, 0.1) is 12.1 Å². The number of aromatic nitrogens is 2. The minimum atomic E-state index is -4.83. The second kappa shape index (κ2) is 12.0. The number of β-lactam (4-membered cyclic amide) rings is 1. The van der Waals surface area contributed by atoms with Crippen LogP contribution in [-0.2, 0) is 29.5 Å². The smallest absolute Gasteiger partial charge is 0.362 e. The van der Waals surface area contributed by atoms with Gasteiger partial charge in [0.15, 0.2) is 5.13 Å². The molecule has 2 aliphatic rings. The van der Waals surface area contributed by atoms with Crippen LogP contribution in [0.4, 0.5) is 5.13 Å². The summed E-state index contributed by atoms with van der Waals surface area (Å²) in [7, 11) is -4.83. The molecule has 8 N–H and O–H groups in total. The van der Waals surface area contributed by atoms with Gasteiger partial charge in [0.25, 0.3) is 17.9 Å². The summed E-state index contributed by atoms with van der Waals surface area (Å²) in [5.74, 6) is -3.37. The zero-order chi connectivity index (χ0) is 29.9. The summed E-state index contributed by atoms with van der Waals surface area (Å²) < 4.78 is 41.3. The normalized spacial score (nSPS) is 20.5. The first-order valence-electron chi connectivity index (χ1n) is 11.8. The van der Waals surface area contributed by atoms with Crippen LogP contribution in [0.5, 0.6) is 5.75 Å². The fourth-order valence-corrected chi connectivity index (χ4v) is 4.94. The predicted octanol–water partition coefficient (Wildman–Crippen LogP) is -2.43. The van der Waals surface area contributed by atoms with Crippen molar-refractivity contribution in [2.75, 3.05) is 25.4 Å². The molecule has 20 heteroatoms. The van der Waals surface area contributed by atoms with E-state index in [-0.39, 0.29) is 21.3 Å². The van der Waals surface area contributed by atoms with Crippen LogP contribution in [-0.4, -0.2) is 105 Å². The molecule has 3 heterocycles. The third-order valence-electron chi connectivity index (χ3n) is 5.92. The van der Waals surface area contributed by atoms with Crippen LogP contribution in [0.3, 0.4) is 0 Å². The molecule has 2 amide bonds. The molecule has 0 bridgehead atoms. The van der Waals surface area contributed by atoms with Crippen molar-refractivity contribution in [3.63, 3.8) is 0 Å². The highest BCUT2D eigenvalue weighted by molar-refractivity contribution is 7.84. The number of amides is 2. The Balaban J connectivity index is 1.43. The molecule has 2 aromatic rings. The highest BCUT2D eigenvalue weighted by atomic mass is 32.2. The maximum Gasteiger partial charge on any atom is 0.362 e. The molecule has 18 nitrogen and oxygen atoms in total. The number of aliphatic carboxylic acids is 1. The van der Waals surface area contributed by atoms with Gasteiger partial charge in [-0.05, 0) is 31.2 Å². The van der Waals surface area contributed by atoms with Crippen LogP contribution < -0.4 is 26.8 Å². The molecule has 2 fully saturated rings. The number of nitrogens with two attached hydrogens (primary N) is 2. The Labute approximate surface area is 236 Å². The molecule has 1 aromatic carbocycles. The number of ether oxygens (including phenoxy) is 1. The second-order valence-corrected chi connectivity index (χ2v) is 10.9. The second-order valence-electron chi connectivity index (χ2n) is 8.79. The van der Waals surface area contributed by atoms with Gasteiger partial charge in [-0.25, -0.2) is 9.10 Å². The monoisotopic (exact) mass is 611 g/mol. The summed E-state index contributed by atoms with van der Waals surface area (Å²) in [6.45, 7) is 2.24. The van der Waals surface area contributed by atoms with Gasteiger partial charge in [-0.2, -0.15) is 17.8 Å². The number of aliphatic imine (C=N–C) groups is 1. The first kappa shape index (κ1) is 29.6. The van der Waals surface area contributed by atoms with Crippen LogP contribution in [0, 0.1) is 0 Å². The Morgan fingerprint density at radius 2 is 2.00 bits per heavy atom. The van der Waals surface area contributed by atoms with Crippen molar-refractivity contribution in [1.82, 2.24) is 24.3 Å². The van der Waals surface area contributed by atoms with Crippen LogP contribution in [0.25, 0.3) is 0 Å². The highest BCUT2D eigenvalue weighted by Crippen LogP contribution is 2.23. The maximum absolute atomic E-state index is 12.9. The lowest BCUT2D eigenvalue weighted by atomic mass is 10.0. The number of nitrogens with zero attached hydrogens (tertiary/aromatic N) is 5. The lowest BCUT2D eigenvalue weighted by molar-refractivity contribution is -0.152. The van der Waals surface area contributed by atoms with Crippen LogP contribution in [0.2, 0.25) is 0 Å². The molecule has 4 rings (SSSR count). The number of nitrogen functional groups attached to an aromatic ring is 1. The number of nitrogens with one attached hydrogen (secondary N) is 2. The van der Waals surface area contributed by atoms with Gasteiger partial charge in [-0.1, -0.05) is 5.16 Å². The van der Waals surface area contributed by atoms with Crippen molar-refractivity contribution in [3.05, 3.63) is 35.7 Å². The molecule has 0 aliphatic carbocycles. The van der Waals surface area contributed by atoms with Crippen molar-refractivity contribution in [2.24, 2.45) is 15.9 Å². The number of amidine groups is 1. The van der Waals surface area contributed by atoms with Gasteiger partial charge in [0, 0.05) is 30.2 Å². The van der Waals surface area contributed by atoms with Gasteiger partial charge in [0.2, 0.25) is 11.5 Å². The minimum Gasteiger partial charge on any atom is -0.489 e. The van der Waals surface area contributed by atoms with Gasteiger partial charge in [0.1, 0.15) is 24.2 Å². The van der Waals surface area contributed by atoms with E-state index in [4.69, 9.17) is 25.6 Å². The summed E-state index contributed by atoms with van der Waals surface area (Å²) in [4.78, 5) is 50.1. The van der Waals surface area contributed by atoms with E-state index in [1.807, 2.05) is 0 Å². The lowest BCUT2D eigenvalue weighted by Crippen LogP contribution is -2.71. The Morgan fingerprint density at radius 1 is 1.32 bits per heavy atom. The highest BCUT2D eigenvalue weighted by Gasteiger charge is 2.51. The van der Waals surface area contributed by atoms with E-state index in [9.17, 15) is 27.9 Å². The van der Waals surface area contributed by atoms with Gasteiger partial charge in [-0.3, -0.25) is 19.1 Å². The minimum absolute atomic E-state index is 0.0530. The van der Waals surface area contributed by atoms with Crippen LogP contribution in [0.15, 0.2) is 34.4 Å². The van der Waals surface area contributed by atoms with Gasteiger partial charge < -0.3 is 36.8 Å². The number of hydrogen-bond donors (Lipinski definition) is 6. The molecule has 1 unspecified atom stereocenters. The number of benzene rings is 1. The number of anilines is 1. The van der Waals surface area contributed by atoms with Crippen LogP contribution in [0.1, 0.15) is 18.3 Å². The fraction of sp³-hybridized carbons (Fsp3) is 0.381. The van der Waals surface area contributed by atoms with Gasteiger partial charge in [-0.15, -0.1) is 0 Å². The third kappa shape index (κ3) is 6.85. The Bertz CT molecular complexity index is 1490. The van der Waals surface area contributed by atoms with Crippen molar-refractivity contribution < 1.29 is 42.0 Å². The molecule has 220 valence electrons. The molecular weight excluding hydrogens is 586 g/mol. The summed E-state index contributed by atoms with van der Waals surface area (Å²) >= 11 is 0.704. The Morgan fingerprint density at radius 3 is 2.51 bits per heavy atom. The van der Waals surface area contributed by atoms with E-state index < -0.39 is 58.6 Å². The maximum atomic E-state index is 12.9. The fourth-order valence-electron chi connectivity index (χ4n) is 3.62. The zero-order valence-corrected chi connectivity index (χ0v) is 22.8. The van der Waals surface area contributed by atoms with E-state index in [0.29, 0.717) is 28.7 Å². The largest absolute Gasteiger partial charge is 0.489 e. The third-order valence-corrected chi connectivity index (χ3v) is 7.47. The van der Waals surface area contributed by atoms with Gasteiger partial charge >= 0.3 is 16.3 Å². The number of oxime groups is 1. The van der Waals surface area contributed by atoms with Crippen molar-refractivity contribution in [1.29, 1.82) is 0 Å². The number of carbonyl (C=O) groups excluding carboxylic acids is 2. The molecule has 41 heavy (non-hydrogen) atoms. The van der Waals surface area contributed by atoms with E-state index >= 15 is 0 Å². The first-order chi connectivity index (χ1) is 19.3. The van der Waals surface area contributed by atoms with E-state index in [2.05, 4.69) is 30.1 Å². The molecule has 0 radical (unpaired) electrons. The number of rotatable bonds is 12.